The minimum absolute atomic E-state index is 0.118. The van der Waals surface area contributed by atoms with E-state index in [4.69, 9.17) is 0 Å². The van der Waals surface area contributed by atoms with E-state index in [9.17, 15) is 14.4 Å². The van der Waals surface area contributed by atoms with Crippen molar-refractivity contribution >= 4 is 39.7 Å². The number of anilines is 2. The van der Waals surface area contributed by atoms with Gasteiger partial charge in [0.1, 0.15) is 11.2 Å². The highest BCUT2D eigenvalue weighted by Crippen LogP contribution is 2.29. The summed E-state index contributed by atoms with van der Waals surface area (Å²) in [4.78, 5) is 43.2. The topological polar surface area (TPSA) is 99.6 Å². The molecule has 166 valence electrons. The Morgan fingerprint density at radius 3 is 2.71 bits per heavy atom. The molecular weight excluding hydrogens is 430 g/mol. The van der Waals surface area contributed by atoms with Crippen LogP contribution in [0.4, 0.5) is 11.4 Å². The van der Waals surface area contributed by atoms with Gasteiger partial charge in [0.2, 0.25) is 0 Å². The van der Waals surface area contributed by atoms with Crippen LogP contribution < -0.4 is 15.8 Å². The molecule has 3 heterocycles. The van der Waals surface area contributed by atoms with E-state index >= 15 is 0 Å². The number of aromatic nitrogens is 3. The van der Waals surface area contributed by atoms with Gasteiger partial charge in [-0.2, -0.15) is 5.10 Å². The van der Waals surface area contributed by atoms with Gasteiger partial charge in [-0.3, -0.25) is 14.4 Å². The molecule has 2 aromatic heterocycles. The van der Waals surface area contributed by atoms with Crippen LogP contribution in [0.25, 0.3) is 16.6 Å². The Kier molecular flexibility index (Phi) is 4.51. The van der Waals surface area contributed by atoms with Gasteiger partial charge in [-0.1, -0.05) is 36.4 Å². The summed E-state index contributed by atoms with van der Waals surface area (Å²) in [5, 5.41) is 7.60. The van der Waals surface area contributed by atoms with Crippen LogP contribution in [0.1, 0.15) is 26.3 Å². The van der Waals surface area contributed by atoms with Crippen molar-refractivity contribution in [2.24, 2.45) is 0 Å². The van der Waals surface area contributed by atoms with Gasteiger partial charge in [-0.25, -0.2) is 4.52 Å². The molecule has 3 aromatic carbocycles. The molecule has 0 bridgehead atoms. The van der Waals surface area contributed by atoms with E-state index in [2.05, 4.69) is 15.4 Å². The molecule has 0 saturated heterocycles. The number of aromatic amines is 1. The number of fused-ring (bicyclic) bond motifs is 4. The number of carbonyl (C=O) groups excluding carboxylic acids is 2. The van der Waals surface area contributed by atoms with E-state index < -0.39 is 5.91 Å². The zero-order chi connectivity index (χ0) is 23.2. The number of amides is 2. The summed E-state index contributed by atoms with van der Waals surface area (Å²) in [6.45, 7) is 0.623. The molecule has 5 aromatic rings. The van der Waals surface area contributed by atoms with Gasteiger partial charge in [-0.15, -0.1) is 0 Å². The first-order valence-corrected chi connectivity index (χ1v) is 10.9. The molecule has 2 amide bonds. The summed E-state index contributed by atoms with van der Waals surface area (Å²) in [5.41, 5.74) is 3.88. The number of rotatable bonds is 3. The average Bonchev–Trinajstić information content (AvgIpc) is 3.49. The Labute approximate surface area is 193 Å². The highest BCUT2D eigenvalue weighted by atomic mass is 16.2. The third-order valence-electron chi connectivity index (χ3n) is 6.12. The van der Waals surface area contributed by atoms with Crippen LogP contribution in [0.2, 0.25) is 0 Å². The minimum atomic E-state index is -0.433. The Morgan fingerprint density at radius 2 is 1.79 bits per heavy atom. The fourth-order valence-electron chi connectivity index (χ4n) is 4.48. The highest BCUT2D eigenvalue weighted by Gasteiger charge is 2.25. The number of nitrogens with zero attached hydrogens (tertiary/aromatic N) is 3. The molecule has 0 unspecified atom stereocenters. The number of benzene rings is 3. The predicted octanol–water partition coefficient (Wildman–Crippen LogP) is 3.63. The Bertz CT molecular complexity index is 1670. The highest BCUT2D eigenvalue weighted by molar-refractivity contribution is 6.10. The zero-order valence-electron chi connectivity index (χ0n) is 18.0. The standard InChI is InChI=1S/C26H19N5O3/c32-24-19-9-2-4-11-22(19)31-23(29-24)20(15-27-31)25(33)28-18-8-5-7-17(14-18)26(34)30-13-12-16-6-1-3-10-21(16)30/h1-11,14-15H,12-13H2,(H,28,33)(H,29,32). The molecule has 0 fully saturated rings. The molecule has 34 heavy (non-hydrogen) atoms. The molecular formula is C26H19N5O3. The second-order valence-corrected chi connectivity index (χ2v) is 8.16. The third-order valence-corrected chi connectivity index (χ3v) is 6.12. The van der Waals surface area contributed by atoms with Crippen LogP contribution in [0.3, 0.4) is 0 Å². The predicted molar refractivity (Wildman–Crippen MR) is 130 cm³/mol. The number of nitrogens with one attached hydrogen (secondary N) is 2. The third kappa shape index (κ3) is 3.15. The minimum Gasteiger partial charge on any atom is -0.322 e. The zero-order valence-corrected chi connectivity index (χ0v) is 18.0. The summed E-state index contributed by atoms with van der Waals surface area (Å²) >= 11 is 0. The van der Waals surface area contributed by atoms with Gasteiger partial charge < -0.3 is 15.2 Å². The van der Waals surface area contributed by atoms with Gasteiger partial charge in [0.05, 0.1) is 17.1 Å². The first kappa shape index (κ1) is 19.9. The van der Waals surface area contributed by atoms with Crippen molar-refractivity contribution in [3.05, 3.63) is 106 Å². The fourth-order valence-corrected chi connectivity index (χ4v) is 4.48. The van der Waals surface area contributed by atoms with Gasteiger partial charge >= 0.3 is 0 Å². The molecule has 1 aliphatic rings. The van der Waals surface area contributed by atoms with E-state index in [-0.39, 0.29) is 17.0 Å². The van der Waals surface area contributed by atoms with Crippen molar-refractivity contribution in [3.63, 3.8) is 0 Å². The Balaban J connectivity index is 1.30. The Hall–Kier alpha value is -4.72. The first-order valence-electron chi connectivity index (χ1n) is 10.9. The Morgan fingerprint density at radius 1 is 0.971 bits per heavy atom. The lowest BCUT2D eigenvalue weighted by Crippen LogP contribution is -2.28. The monoisotopic (exact) mass is 449 g/mol. The second-order valence-electron chi connectivity index (χ2n) is 8.16. The van der Waals surface area contributed by atoms with Crippen molar-refractivity contribution < 1.29 is 9.59 Å². The van der Waals surface area contributed by atoms with E-state index in [0.29, 0.717) is 34.3 Å². The number of carbonyl (C=O) groups is 2. The van der Waals surface area contributed by atoms with Crippen LogP contribution in [0.5, 0.6) is 0 Å². The lowest BCUT2D eigenvalue weighted by molar-refractivity contribution is 0.0986. The molecule has 0 saturated carbocycles. The van der Waals surface area contributed by atoms with Crippen LogP contribution in [0, 0.1) is 0 Å². The number of hydrogen-bond donors (Lipinski definition) is 2. The maximum absolute atomic E-state index is 13.2. The molecule has 2 N–H and O–H groups in total. The molecule has 0 aliphatic carbocycles. The van der Waals surface area contributed by atoms with Gasteiger partial charge in [0.15, 0.2) is 0 Å². The van der Waals surface area contributed by atoms with Crippen molar-refractivity contribution in [1.29, 1.82) is 0 Å². The van der Waals surface area contributed by atoms with Crippen molar-refractivity contribution in [2.45, 2.75) is 6.42 Å². The van der Waals surface area contributed by atoms with Gasteiger partial charge in [0, 0.05) is 23.5 Å². The maximum atomic E-state index is 13.2. The molecule has 0 atom stereocenters. The second kappa shape index (κ2) is 7.70. The van der Waals surface area contributed by atoms with Gasteiger partial charge in [-0.05, 0) is 48.4 Å². The first-order chi connectivity index (χ1) is 16.6. The van der Waals surface area contributed by atoms with Crippen LogP contribution in [0.15, 0.2) is 83.8 Å². The molecule has 6 rings (SSSR count). The van der Waals surface area contributed by atoms with Crippen molar-refractivity contribution in [3.8, 4) is 0 Å². The fraction of sp³-hybridized carbons (Fsp3) is 0.0769. The van der Waals surface area contributed by atoms with E-state index in [1.54, 1.807) is 47.4 Å². The maximum Gasteiger partial charge on any atom is 0.261 e. The normalized spacial score (nSPS) is 12.8. The summed E-state index contributed by atoms with van der Waals surface area (Å²) < 4.78 is 1.54. The molecule has 1 aliphatic heterocycles. The molecule has 8 nitrogen and oxygen atoms in total. The summed E-state index contributed by atoms with van der Waals surface area (Å²) in [5.74, 6) is -0.551. The number of H-pyrrole nitrogens is 1. The lowest BCUT2D eigenvalue weighted by Gasteiger charge is -2.18. The van der Waals surface area contributed by atoms with Crippen LogP contribution in [-0.4, -0.2) is 33.0 Å². The summed E-state index contributed by atoms with van der Waals surface area (Å²) in [6, 6.07) is 21.8. The molecule has 8 heteroatoms. The lowest BCUT2D eigenvalue weighted by atomic mass is 10.1. The van der Waals surface area contributed by atoms with Crippen LogP contribution >= 0.6 is 0 Å². The smallest absolute Gasteiger partial charge is 0.261 e. The summed E-state index contributed by atoms with van der Waals surface area (Å²) in [7, 11) is 0. The largest absolute Gasteiger partial charge is 0.322 e. The molecule has 0 radical (unpaired) electrons. The summed E-state index contributed by atoms with van der Waals surface area (Å²) in [6.07, 6.45) is 2.24. The SMILES string of the molecule is O=C(Nc1cccc(C(=O)N2CCc3ccccc32)c1)c1cnn2c1[nH]c(=O)c1ccccc12. The average molecular weight is 449 g/mol. The number of para-hydroxylation sites is 2. The molecule has 0 spiro atoms. The van der Waals surface area contributed by atoms with Gasteiger partial charge in [0.25, 0.3) is 17.4 Å². The van der Waals surface area contributed by atoms with E-state index in [1.807, 2.05) is 30.3 Å². The van der Waals surface area contributed by atoms with E-state index in [0.717, 1.165) is 17.7 Å². The van der Waals surface area contributed by atoms with Crippen molar-refractivity contribution in [2.75, 3.05) is 16.8 Å². The van der Waals surface area contributed by atoms with E-state index in [1.165, 1.54) is 10.7 Å². The van der Waals surface area contributed by atoms with Crippen LogP contribution in [-0.2, 0) is 6.42 Å². The number of hydrogen-bond acceptors (Lipinski definition) is 4. The quantitative estimate of drug-likeness (QED) is 0.439. The van der Waals surface area contributed by atoms with Crippen molar-refractivity contribution in [1.82, 2.24) is 14.6 Å².